The second-order valence-electron chi connectivity index (χ2n) is 9.15. The maximum atomic E-state index is 13.0. The number of hydrogen-bond donors (Lipinski definition) is 0. The Morgan fingerprint density at radius 3 is 2.35 bits per heavy atom. The molecule has 1 amide bonds. The van der Waals surface area contributed by atoms with Gasteiger partial charge in [0, 0.05) is 39.8 Å². The van der Waals surface area contributed by atoms with Crippen molar-refractivity contribution < 1.29 is 23.8 Å². The summed E-state index contributed by atoms with van der Waals surface area (Å²) in [4.78, 5) is 28.9. The molecule has 2 heterocycles. The number of ether oxygens (including phenoxy) is 3. The van der Waals surface area contributed by atoms with Crippen LogP contribution in [0.4, 0.5) is 0 Å². The summed E-state index contributed by atoms with van der Waals surface area (Å²) in [7, 11) is 4.82. The average molecular weight is 507 g/mol. The van der Waals surface area contributed by atoms with Crippen molar-refractivity contribution in [3.8, 4) is 5.75 Å². The molecule has 1 unspecified atom stereocenters. The molecule has 3 aromatic rings. The fourth-order valence-corrected chi connectivity index (χ4v) is 4.49. The van der Waals surface area contributed by atoms with Crippen LogP contribution in [0.1, 0.15) is 43.8 Å². The zero-order valence-electron chi connectivity index (χ0n) is 21.8. The molecular formula is C28H34N4O5. The minimum Gasteiger partial charge on any atom is -0.497 e. The van der Waals surface area contributed by atoms with Crippen molar-refractivity contribution in [2.24, 2.45) is 7.05 Å². The predicted molar refractivity (Wildman–Crippen MR) is 139 cm³/mol. The first-order valence-corrected chi connectivity index (χ1v) is 12.3. The zero-order chi connectivity index (χ0) is 26.4. The van der Waals surface area contributed by atoms with Crippen molar-refractivity contribution >= 4 is 11.9 Å². The lowest BCUT2D eigenvalue weighted by Gasteiger charge is -2.36. The van der Waals surface area contributed by atoms with Crippen LogP contribution in [-0.4, -0.2) is 78.4 Å². The minimum absolute atomic E-state index is 0.0127. The van der Waals surface area contributed by atoms with Gasteiger partial charge in [0.25, 0.3) is 5.91 Å². The topological polar surface area (TPSA) is 86.1 Å². The second kappa shape index (κ2) is 12.0. The lowest BCUT2D eigenvalue weighted by molar-refractivity contribution is 0.00320. The first-order chi connectivity index (χ1) is 17.9. The molecule has 196 valence electrons. The number of carbonyl (C=O) groups excluding carboxylic acids is 2. The highest BCUT2D eigenvalue weighted by Gasteiger charge is 2.26. The molecule has 9 heteroatoms. The number of benzene rings is 2. The van der Waals surface area contributed by atoms with Crippen LogP contribution in [-0.2, 0) is 23.1 Å². The van der Waals surface area contributed by atoms with Crippen LogP contribution in [0.3, 0.4) is 0 Å². The number of rotatable bonds is 9. The van der Waals surface area contributed by atoms with E-state index in [0.29, 0.717) is 37.5 Å². The van der Waals surface area contributed by atoms with Crippen LogP contribution < -0.4 is 4.74 Å². The summed E-state index contributed by atoms with van der Waals surface area (Å²) in [6, 6.07) is 17.0. The SMILES string of the molecule is COC(=O)c1ccc(COC(CN2CCN(C(=O)c3cc(C)nn3C)CC2)c2cccc(OC)c2)cc1. The molecule has 0 radical (unpaired) electrons. The van der Waals surface area contributed by atoms with Gasteiger partial charge < -0.3 is 19.1 Å². The molecule has 1 aliphatic heterocycles. The van der Waals surface area contributed by atoms with E-state index < -0.39 is 0 Å². The average Bonchev–Trinajstić information content (AvgIpc) is 3.28. The molecule has 1 aliphatic rings. The smallest absolute Gasteiger partial charge is 0.337 e. The van der Waals surface area contributed by atoms with Gasteiger partial charge in [0.2, 0.25) is 0 Å². The molecular weight excluding hydrogens is 472 g/mol. The van der Waals surface area contributed by atoms with E-state index in [1.807, 2.05) is 54.3 Å². The molecule has 1 aromatic heterocycles. The number of hydrogen-bond acceptors (Lipinski definition) is 7. The third-order valence-electron chi connectivity index (χ3n) is 6.60. The Morgan fingerprint density at radius 2 is 1.73 bits per heavy atom. The minimum atomic E-state index is -0.363. The van der Waals surface area contributed by atoms with Gasteiger partial charge in [0.15, 0.2) is 0 Å². The maximum absolute atomic E-state index is 13.0. The number of methoxy groups -OCH3 is 2. The van der Waals surface area contributed by atoms with Crippen LogP contribution >= 0.6 is 0 Å². The fraction of sp³-hybridized carbons (Fsp3) is 0.393. The summed E-state index contributed by atoms with van der Waals surface area (Å²) in [6.07, 6.45) is -0.197. The van der Waals surface area contributed by atoms with Crippen LogP contribution in [0.25, 0.3) is 0 Å². The van der Waals surface area contributed by atoms with Crippen LogP contribution in [0.15, 0.2) is 54.6 Å². The summed E-state index contributed by atoms with van der Waals surface area (Å²) in [5.41, 5.74) is 3.94. The van der Waals surface area contributed by atoms with E-state index in [2.05, 4.69) is 10.00 Å². The normalized spacial score (nSPS) is 14.9. The number of aromatic nitrogens is 2. The summed E-state index contributed by atoms with van der Waals surface area (Å²) in [5, 5.41) is 4.30. The van der Waals surface area contributed by atoms with Gasteiger partial charge in [-0.3, -0.25) is 14.4 Å². The Bertz CT molecular complexity index is 1220. The van der Waals surface area contributed by atoms with Gasteiger partial charge in [-0.2, -0.15) is 5.10 Å². The summed E-state index contributed by atoms with van der Waals surface area (Å²) >= 11 is 0. The van der Waals surface area contributed by atoms with Crippen LogP contribution in [0, 0.1) is 6.92 Å². The molecule has 1 atom stereocenters. The largest absolute Gasteiger partial charge is 0.497 e. The third kappa shape index (κ3) is 6.55. The van der Waals surface area contributed by atoms with Gasteiger partial charge in [0.1, 0.15) is 11.4 Å². The van der Waals surface area contributed by atoms with Gasteiger partial charge in [0.05, 0.1) is 38.2 Å². The molecule has 1 fully saturated rings. The maximum Gasteiger partial charge on any atom is 0.337 e. The number of piperazine rings is 1. The van der Waals surface area contributed by atoms with Gasteiger partial charge in [-0.25, -0.2) is 4.79 Å². The molecule has 2 aromatic carbocycles. The van der Waals surface area contributed by atoms with E-state index in [9.17, 15) is 9.59 Å². The Hall–Kier alpha value is -3.69. The Kier molecular flexibility index (Phi) is 8.58. The number of amides is 1. The van der Waals surface area contributed by atoms with Crippen molar-refractivity contribution in [3.63, 3.8) is 0 Å². The zero-order valence-corrected chi connectivity index (χ0v) is 21.8. The van der Waals surface area contributed by atoms with Crippen LogP contribution in [0.2, 0.25) is 0 Å². The monoisotopic (exact) mass is 506 g/mol. The highest BCUT2D eigenvalue weighted by atomic mass is 16.5. The van der Waals surface area contributed by atoms with E-state index in [4.69, 9.17) is 14.2 Å². The second-order valence-corrected chi connectivity index (χ2v) is 9.15. The number of aryl methyl sites for hydroxylation is 2. The predicted octanol–water partition coefficient (Wildman–Crippen LogP) is 3.24. The molecule has 1 saturated heterocycles. The van der Waals surface area contributed by atoms with Crippen molar-refractivity contribution in [2.45, 2.75) is 19.6 Å². The molecule has 0 bridgehead atoms. The van der Waals surface area contributed by atoms with E-state index in [-0.39, 0.29) is 18.0 Å². The summed E-state index contributed by atoms with van der Waals surface area (Å²) < 4.78 is 18.3. The molecule has 4 rings (SSSR count). The van der Waals surface area contributed by atoms with E-state index in [0.717, 1.165) is 35.7 Å². The lowest BCUT2D eigenvalue weighted by atomic mass is 10.1. The third-order valence-corrected chi connectivity index (χ3v) is 6.60. The summed E-state index contributed by atoms with van der Waals surface area (Å²) in [6.45, 7) is 5.75. The van der Waals surface area contributed by atoms with Crippen LogP contribution in [0.5, 0.6) is 5.75 Å². The van der Waals surface area contributed by atoms with Gasteiger partial charge >= 0.3 is 5.97 Å². The Labute approximate surface area is 217 Å². The van der Waals surface area contributed by atoms with Crippen molar-refractivity contribution in [1.82, 2.24) is 19.6 Å². The number of esters is 1. The van der Waals surface area contributed by atoms with Gasteiger partial charge in [-0.1, -0.05) is 24.3 Å². The quantitative estimate of drug-likeness (QED) is 0.412. The molecule has 0 aliphatic carbocycles. The lowest BCUT2D eigenvalue weighted by Crippen LogP contribution is -2.50. The van der Waals surface area contributed by atoms with Crippen molar-refractivity contribution in [2.75, 3.05) is 46.9 Å². The van der Waals surface area contributed by atoms with Gasteiger partial charge in [-0.15, -0.1) is 0 Å². The summed E-state index contributed by atoms with van der Waals surface area (Å²) in [5.74, 6) is 0.423. The highest BCUT2D eigenvalue weighted by Crippen LogP contribution is 2.25. The fourth-order valence-electron chi connectivity index (χ4n) is 4.49. The Balaban J connectivity index is 1.41. The van der Waals surface area contributed by atoms with Crippen molar-refractivity contribution in [3.05, 3.63) is 82.7 Å². The van der Waals surface area contributed by atoms with E-state index in [1.54, 1.807) is 31.0 Å². The van der Waals surface area contributed by atoms with Gasteiger partial charge in [-0.05, 0) is 48.4 Å². The first-order valence-electron chi connectivity index (χ1n) is 12.3. The van der Waals surface area contributed by atoms with E-state index >= 15 is 0 Å². The van der Waals surface area contributed by atoms with E-state index in [1.165, 1.54) is 7.11 Å². The molecule has 0 N–H and O–H groups in total. The molecule has 9 nitrogen and oxygen atoms in total. The number of carbonyl (C=O) groups is 2. The standard InChI is InChI=1S/C28H34N4O5/c1-20-16-25(30(2)29-20)27(33)32-14-12-31(13-15-32)18-26(23-6-5-7-24(17-23)35-3)37-19-21-8-10-22(11-9-21)28(34)36-4/h5-11,16-17,26H,12-15,18-19H2,1-4H3. The Morgan fingerprint density at radius 1 is 1.00 bits per heavy atom. The highest BCUT2D eigenvalue weighted by molar-refractivity contribution is 5.92. The number of nitrogens with zero attached hydrogens (tertiary/aromatic N) is 4. The molecule has 37 heavy (non-hydrogen) atoms. The first kappa shape index (κ1) is 26.4. The molecule has 0 saturated carbocycles. The molecule has 0 spiro atoms. The van der Waals surface area contributed by atoms with Crippen molar-refractivity contribution in [1.29, 1.82) is 0 Å².